The lowest BCUT2D eigenvalue weighted by atomic mass is 10.0. The molecule has 0 radical (unpaired) electrons. The van der Waals surface area contributed by atoms with Crippen molar-refractivity contribution in [2.45, 2.75) is 25.8 Å². The lowest BCUT2D eigenvalue weighted by Crippen LogP contribution is -2.39. The van der Waals surface area contributed by atoms with Crippen LogP contribution in [-0.2, 0) is 0 Å². The molecule has 16 heavy (non-hydrogen) atoms. The molecule has 0 bridgehead atoms. The second-order valence-corrected chi connectivity index (χ2v) is 4.43. The van der Waals surface area contributed by atoms with Crippen molar-refractivity contribution in [1.82, 2.24) is 10.6 Å². The van der Waals surface area contributed by atoms with E-state index in [1.807, 2.05) is 6.07 Å². The Labute approximate surface area is 97.0 Å². The number of hydrogen-bond acceptors (Lipinski definition) is 3. The Balaban J connectivity index is 1.82. The summed E-state index contributed by atoms with van der Waals surface area (Å²) in [5.74, 6) is 1.44. The number of rotatable bonds is 3. The molecule has 1 aromatic carbocycles. The number of guanidine groups is 1. The third-order valence-corrected chi connectivity index (χ3v) is 2.85. The van der Waals surface area contributed by atoms with Gasteiger partial charge in [0.05, 0.1) is 6.54 Å². The van der Waals surface area contributed by atoms with Crippen molar-refractivity contribution in [1.29, 1.82) is 0 Å². The highest BCUT2D eigenvalue weighted by molar-refractivity contribution is 5.81. The highest BCUT2D eigenvalue weighted by Crippen LogP contribution is 2.12. The normalized spacial score (nSPS) is 21.1. The Morgan fingerprint density at radius 1 is 1.44 bits per heavy atom. The van der Waals surface area contributed by atoms with E-state index in [0.29, 0.717) is 12.0 Å². The van der Waals surface area contributed by atoms with E-state index in [-0.39, 0.29) is 0 Å². The quantitative estimate of drug-likeness (QED) is 0.809. The standard InChI is InChI=1S/C13H19N3/c1-10(12-6-4-3-5-7-12)8-14-13-15-9-11(2)16-13/h3-7,10-11H,8-9H2,1-2H3,(H2,14,15,16). The average Bonchev–Trinajstić information content (AvgIpc) is 2.73. The topological polar surface area (TPSA) is 36.4 Å². The molecule has 3 heteroatoms. The van der Waals surface area contributed by atoms with E-state index in [0.717, 1.165) is 19.0 Å². The molecule has 1 aliphatic heterocycles. The molecule has 3 nitrogen and oxygen atoms in total. The maximum Gasteiger partial charge on any atom is 0.191 e. The summed E-state index contributed by atoms with van der Waals surface area (Å²) in [5.41, 5.74) is 1.36. The molecule has 0 saturated carbocycles. The summed E-state index contributed by atoms with van der Waals surface area (Å²) in [7, 11) is 0. The van der Waals surface area contributed by atoms with Gasteiger partial charge in [-0.05, 0) is 18.4 Å². The third kappa shape index (κ3) is 2.75. The second-order valence-electron chi connectivity index (χ2n) is 4.43. The van der Waals surface area contributed by atoms with E-state index in [1.165, 1.54) is 5.56 Å². The molecule has 0 aliphatic carbocycles. The molecule has 0 amide bonds. The van der Waals surface area contributed by atoms with Crippen LogP contribution in [0.5, 0.6) is 0 Å². The van der Waals surface area contributed by atoms with Crippen molar-refractivity contribution in [2.24, 2.45) is 4.99 Å². The van der Waals surface area contributed by atoms with Crippen LogP contribution in [0.4, 0.5) is 0 Å². The van der Waals surface area contributed by atoms with Crippen molar-refractivity contribution in [3.8, 4) is 0 Å². The maximum atomic E-state index is 4.38. The minimum absolute atomic E-state index is 0.467. The summed E-state index contributed by atoms with van der Waals surface area (Å²) in [6, 6.07) is 11.0. The molecular weight excluding hydrogens is 198 g/mol. The first-order chi connectivity index (χ1) is 7.75. The monoisotopic (exact) mass is 217 g/mol. The van der Waals surface area contributed by atoms with E-state index < -0.39 is 0 Å². The Bertz CT molecular complexity index is 359. The van der Waals surface area contributed by atoms with E-state index in [2.05, 4.69) is 53.7 Å². The zero-order valence-corrected chi connectivity index (χ0v) is 9.90. The zero-order chi connectivity index (χ0) is 11.4. The molecule has 1 aromatic rings. The first-order valence-electron chi connectivity index (χ1n) is 5.85. The molecule has 0 fully saturated rings. The second kappa shape index (κ2) is 5.01. The molecule has 0 aromatic heterocycles. The third-order valence-electron chi connectivity index (χ3n) is 2.85. The molecule has 2 rings (SSSR count). The first-order valence-corrected chi connectivity index (χ1v) is 5.85. The van der Waals surface area contributed by atoms with Crippen molar-refractivity contribution in [2.75, 3.05) is 13.1 Å². The van der Waals surface area contributed by atoms with Gasteiger partial charge in [-0.2, -0.15) is 0 Å². The Kier molecular flexibility index (Phi) is 3.44. The molecule has 2 atom stereocenters. The number of aliphatic imine (C=N–C) groups is 1. The minimum Gasteiger partial charge on any atom is -0.356 e. The van der Waals surface area contributed by atoms with Crippen LogP contribution in [0.1, 0.15) is 25.3 Å². The lowest BCUT2D eigenvalue weighted by molar-refractivity contribution is 0.686. The van der Waals surface area contributed by atoms with Gasteiger partial charge in [0.1, 0.15) is 0 Å². The van der Waals surface area contributed by atoms with Gasteiger partial charge in [0, 0.05) is 12.6 Å². The van der Waals surface area contributed by atoms with Crippen molar-refractivity contribution < 1.29 is 0 Å². The van der Waals surface area contributed by atoms with Gasteiger partial charge in [0.15, 0.2) is 5.96 Å². The van der Waals surface area contributed by atoms with Crippen LogP contribution in [0.3, 0.4) is 0 Å². The van der Waals surface area contributed by atoms with Crippen LogP contribution in [0.25, 0.3) is 0 Å². The molecule has 1 heterocycles. The number of benzene rings is 1. The van der Waals surface area contributed by atoms with Crippen LogP contribution in [0, 0.1) is 0 Å². The van der Waals surface area contributed by atoms with Crippen molar-refractivity contribution in [3.05, 3.63) is 35.9 Å². The summed E-state index contributed by atoms with van der Waals surface area (Å²) in [4.78, 5) is 4.38. The van der Waals surface area contributed by atoms with Gasteiger partial charge in [-0.15, -0.1) is 0 Å². The zero-order valence-electron chi connectivity index (χ0n) is 9.90. The predicted molar refractivity (Wildman–Crippen MR) is 67.8 cm³/mol. The molecular formula is C13H19N3. The van der Waals surface area contributed by atoms with Gasteiger partial charge in [-0.25, -0.2) is 0 Å². The maximum absolute atomic E-state index is 4.38. The highest BCUT2D eigenvalue weighted by atomic mass is 15.2. The van der Waals surface area contributed by atoms with Gasteiger partial charge in [0.2, 0.25) is 0 Å². The van der Waals surface area contributed by atoms with Crippen molar-refractivity contribution >= 4 is 5.96 Å². The lowest BCUT2D eigenvalue weighted by Gasteiger charge is -2.14. The Hall–Kier alpha value is -1.51. The smallest absolute Gasteiger partial charge is 0.191 e. The fourth-order valence-corrected chi connectivity index (χ4v) is 1.81. The SMILES string of the molecule is CC1CN=C(NCC(C)c2ccccc2)N1. The molecule has 0 saturated heterocycles. The van der Waals surface area contributed by atoms with Gasteiger partial charge in [0.25, 0.3) is 0 Å². The van der Waals surface area contributed by atoms with Gasteiger partial charge >= 0.3 is 0 Å². The summed E-state index contributed by atoms with van der Waals surface area (Å²) in [6.45, 7) is 6.16. The van der Waals surface area contributed by atoms with Crippen LogP contribution in [0.15, 0.2) is 35.3 Å². The number of nitrogens with one attached hydrogen (secondary N) is 2. The molecule has 2 unspecified atom stereocenters. The molecule has 1 aliphatic rings. The van der Waals surface area contributed by atoms with Crippen LogP contribution in [0.2, 0.25) is 0 Å². The van der Waals surface area contributed by atoms with Crippen LogP contribution in [-0.4, -0.2) is 25.1 Å². The van der Waals surface area contributed by atoms with Gasteiger partial charge in [-0.3, -0.25) is 4.99 Å². The van der Waals surface area contributed by atoms with E-state index >= 15 is 0 Å². The molecule has 2 N–H and O–H groups in total. The first kappa shape index (κ1) is 11.0. The van der Waals surface area contributed by atoms with E-state index in [9.17, 15) is 0 Å². The fourth-order valence-electron chi connectivity index (χ4n) is 1.81. The van der Waals surface area contributed by atoms with E-state index in [1.54, 1.807) is 0 Å². The number of hydrogen-bond donors (Lipinski definition) is 2. The van der Waals surface area contributed by atoms with Crippen LogP contribution >= 0.6 is 0 Å². The fraction of sp³-hybridized carbons (Fsp3) is 0.462. The Morgan fingerprint density at radius 3 is 2.81 bits per heavy atom. The van der Waals surface area contributed by atoms with Crippen molar-refractivity contribution in [3.63, 3.8) is 0 Å². The summed E-state index contributed by atoms with van der Waals surface area (Å²) >= 11 is 0. The number of nitrogens with zero attached hydrogens (tertiary/aromatic N) is 1. The molecule has 0 spiro atoms. The summed E-state index contributed by atoms with van der Waals surface area (Å²) in [6.07, 6.45) is 0. The summed E-state index contributed by atoms with van der Waals surface area (Å²) < 4.78 is 0. The van der Waals surface area contributed by atoms with Gasteiger partial charge in [-0.1, -0.05) is 37.3 Å². The Morgan fingerprint density at radius 2 is 2.19 bits per heavy atom. The predicted octanol–water partition coefficient (Wildman–Crippen LogP) is 1.73. The van der Waals surface area contributed by atoms with Crippen LogP contribution < -0.4 is 10.6 Å². The minimum atomic E-state index is 0.467. The largest absolute Gasteiger partial charge is 0.356 e. The average molecular weight is 217 g/mol. The van der Waals surface area contributed by atoms with Gasteiger partial charge < -0.3 is 10.6 Å². The summed E-state index contributed by atoms with van der Waals surface area (Å²) in [5, 5.41) is 6.65. The van der Waals surface area contributed by atoms with E-state index in [4.69, 9.17) is 0 Å². The molecule has 86 valence electrons. The highest BCUT2D eigenvalue weighted by Gasteiger charge is 2.13.